The Bertz CT molecular complexity index is 1610. The van der Waals surface area contributed by atoms with Crippen LogP contribution in [0.4, 0.5) is 5.69 Å². The third-order valence-corrected chi connectivity index (χ3v) is 5.96. The zero-order chi connectivity index (χ0) is 23.3. The summed E-state index contributed by atoms with van der Waals surface area (Å²) in [6.45, 7) is 7.84. The molecule has 5 rings (SSSR count). The Labute approximate surface area is 190 Å². The highest BCUT2D eigenvalue weighted by atomic mass is 16.2. The fourth-order valence-corrected chi connectivity index (χ4v) is 3.88. The minimum atomic E-state index is -0.377. The van der Waals surface area contributed by atoms with E-state index in [-0.39, 0.29) is 18.1 Å². The van der Waals surface area contributed by atoms with E-state index in [4.69, 9.17) is 0 Å². The summed E-state index contributed by atoms with van der Waals surface area (Å²) in [5.41, 5.74) is 7.68. The Morgan fingerprint density at radius 3 is 2.48 bits per heavy atom. The van der Waals surface area contributed by atoms with E-state index in [1.165, 1.54) is 20.2 Å². The van der Waals surface area contributed by atoms with Gasteiger partial charge in [-0.25, -0.2) is 18.4 Å². The Hall–Kier alpha value is -4.20. The van der Waals surface area contributed by atoms with Crippen molar-refractivity contribution in [2.75, 3.05) is 5.32 Å². The lowest BCUT2D eigenvalue weighted by Gasteiger charge is -2.08. The Kier molecular flexibility index (Phi) is 4.85. The molecule has 0 radical (unpaired) electrons. The lowest BCUT2D eigenvalue weighted by atomic mass is 10.0. The van der Waals surface area contributed by atoms with Crippen LogP contribution in [0.25, 0.3) is 22.4 Å². The summed E-state index contributed by atoms with van der Waals surface area (Å²) in [5.74, 6) is -0.311. The van der Waals surface area contributed by atoms with Gasteiger partial charge in [-0.05, 0) is 68.1 Å². The van der Waals surface area contributed by atoms with Crippen LogP contribution in [-0.4, -0.2) is 29.7 Å². The molecule has 0 fully saturated rings. The first-order valence-electron chi connectivity index (χ1n) is 10.7. The number of carbonyl (C=O) groups is 1. The number of anilines is 1. The second-order valence-corrected chi connectivity index (χ2v) is 8.46. The maximum absolute atomic E-state index is 12.9. The van der Waals surface area contributed by atoms with E-state index in [2.05, 4.69) is 41.5 Å². The summed E-state index contributed by atoms with van der Waals surface area (Å²) in [4.78, 5) is 25.5. The molecule has 0 bridgehead atoms. The topological polar surface area (TPSA) is 85.7 Å². The van der Waals surface area contributed by atoms with Gasteiger partial charge in [0, 0.05) is 23.6 Å². The van der Waals surface area contributed by atoms with Crippen LogP contribution >= 0.6 is 0 Å². The van der Waals surface area contributed by atoms with E-state index >= 15 is 0 Å². The number of hydrogen-bond donors (Lipinski definition) is 1. The van der Waals surface area contributed by atoms with Crippen LogP contribution in [0.15, 0.2) is 59.7 Å². The fourth-order valence-electron chi connectivity index (χ4n) is 3.88. The zero-order valence-corrected chi connectivity index (χ0v) is 19.0. The smallest absolute Gasteiger partial charge is 0.324 e. The minimum absolute atomic E-state index is 0.182. The average Bonchev–Trinajstić information content (AvgIpc) is 3.34. The molecule has 1 amide bonds. The monoisotopic (exact) mass is 440 g/mol. The molecular weight excluding hydrogens is 416 g/mol. The van der Waals surface area contributed by atoms with Crippen LogP contribution in [-0.2, 0) is 11.3 Å². The first-order chi connectivity index (χ1) is 15.8. The van der Waals surface area contributed by atoms with Crippen molar-refractivity contribution in [3.05, 3.63) is 87.6 Å². The van der Waals surface area contributed by atoms with Gasteiger partial charge in [0.25, 0.3) is 0 Å². The SMILES string of the molecule is Cc1ccc(C)c(NC(=O)Cn2nc3c4cc(-c5ccc(C)c(C)c5)nn4ccn3c2=O)c1. The summed E-state index contributed by atoms with van der Waals surface area (Å²) in [7, 11) is 0. The highest BCUT2D eigenvalue weighted by molar-refractivity contribution is 5.91. The van der Waals surface area contributed by atoms with Gasteiger partial charge in [0.1, 0.15) is 12.1 Å². The van der Waals surface area contributed by atoms with Gasteiger partial charge in [0.05, 0.1) is 5.69 Å². The van der Waals surface area contributed by atoms with Gasteiger partial charge in [-0.1, -0.05) is 24.3 Å². The zero-order valence-electron chi connectivity index (χ0n) is 19.0. The quantitative estimate of drug-likeness (QED) is 0.462. The molecule has 3 aromatic heterocycles. The molecule has 0 saturated carbocycles. The van der Waals surface area contributed by atoms with E-state index in [1.807, 2.05) is 44.2 Å². The summed E-state index contributed by atoms with van der Waals surface area (Å²) in [5, 5.41) is 12.0. The molecule has 33 heavy (non-hydrogen) atoms. The maximum Gasteiger partial charge on any atom is 0.350 e. The van der Waals surface area contributed by atoms with Gasteiger partial charge in [-0.3, -0.25) is 4.79 Å². The van der Waals surface area contributed by atoms with Gasteiger partial charge in [0.2, 0.25) is 5.91 Å². The largest absolute Gasteiger partial charge is 0.350 e. The van der Waals surface area contributed by atoms with Crippen LogP contribution in [0.2, 0.25) is 0 Å². The van der Waals surface area contributed by atoms with Crippen molar-refractivity contribution in [1.29, 1.82) is 0 Å². The van der Waals surface area contributed by atoms with Crippen molar-refractivity contribution in [2.45, 2.75) is 34.2 Å². The molecule has 0 atom stereocenters. The standard InChI is InChI=1S/C25H24N6O2/c1-15-5-6-17(3)20(11-15)26-23(32)14-31-25(33)29-9-10-30-22(24(29)28-31)13-21(27-30)19-8-7-16(2)18(4)12-19/h5-13H,14H2,1-4H3,(H,26,32). The van der Waals surface area contributed by atoms with Crippen LogP contribution in [0.5, 0.6) is 0 Å². The molecule has 5 aromatic rings. The van der Waals surface area contributed by atoms with Crippen molar-refractivity contribution in [1.82, 2.24) is 23.8 Å². The second-order valence-electron chi connectivity index (χ2n) is 8.46. The van der Waals surface area contributed by atoms with E-state index in [0.717, 1.165) is 28.1 Å². The normalized spacial score (nSPS) is 11.4. The van der Waals surface area contributed by atoms with Gasteiger partial charge < -0.3 is 5.32 Å². The van der Waals surface area contributed by atoms with Gasteiger partial charge in [-0.15, -0.1) is 5.10 Å². The molecule has 0 aliphatic rings. The number of nitrogens with one attached hydrogen (secondary N) is 1. The lowest BCUT2D eigenvalue weighted by molar-refractivity contribution is -0.117. The Morgan fingerprint density at radius 2 is 1.70 bits per heavy atom. The van der Waals surface area contributed by atoms with E-state index < -0.39 is 0 Å². The molecule has 8 heteroatoms. The second kappa shape index (κ2) is 7.74. The number of benzene rings is 2. The van der Waals surface area contributed by atoms with Gasteiger partial charge >= 0.3 is 5.69 Å². The molecule has 0 aliphatic heterocycles. The maximum atomic E-state index is 12.9. The molecule has 0 unspecified atom stereocenters. The highest BCUT2D eigenvalue weighted by Crippen LogP contribution is 2.23. The molecule has 166 valence electrons. The summed E-state index contributed by atoms with van der Waals surface area (Å²) in [6.07, 6.45) is 3.34. The summed E-state index contributed by atoms with van der Waals surface area (Å²) in [6, 6.07) is 13.9. The molecule has 8 nitrogen and oxygen atoms in total. The number of amides is 1. The number of aromatic nitrogens is 5. The van der Waals surface area contributed by atoms with Crippen LogP contribution < -0.4 is 11.0 Å². The van der Waals surface area contributed by atoms with E-state index in [0.29, 0.717) is 11.2 Å². The average molecular weight is 441 g/mol. The number of hydrogen-bond acceptors (Lipinski definition) is 4. The van der Waals surface area contributed by atoms with Gasteiger partial charge in [0.15, 0.2) is 5.65 Å². The third kappa shape index (κ3) is 3.69. The molecule has 3 heterocycles. The van der Waals surface area contributed by atoms with Crippen molar-refractivity contribution < 1.29 is 4.79 Å². The minimum Gasteiger partial charge on any atom is -0.324 e. The summed E-state index contributed by atoms with van der Waals surface area (Å²) >= 11 is 0. The molecule has 0 spiro atoms. The Morgan fingerprint density at radius 1 is 0.909 bits per heavy atom. The van der Waals surface area contributed by atoms with E-state index in [9.17, 15) is 9.59 Å². The third-order valence-electron chi connectivity index (χ3n) is 5.96. The number of nitrogens with zero attached hydrogens (tertiary/aromatic N) is 5. The number of carbonyl (C=O) groups excluding carboxylic acids is 1. The highest BCUT2D eigenvalue weighted by Gasteiger charge is 2.16. The first-order valence-corrected chi connectivity index (χ1v) is 10.7. The molecular formula is C25H24N6O2. The summed E-state index contributed by atoms with van der Waals surface area (Å²) < 4.78 is 4.32. The van der Waals surface area contributed by atoms with Crippen LogP contribution in [0, 0.1) is 27.7 Å². The molecule has 0 saturated heterocycles. The number of aryl methyl sites for hydroxylation is 4. The predicted octanol–water partition coefficient (Wildman–Crippen LogP) is 3.68. The van der Waals surface area contributed by atoms with Crippen molar-refractivity contribution in [3.63, 3.8) is 0 Å². The van der Waals surface area contributed by atoms with Crippen LogP contribution in [0.1, 0.15) is 22.3 Å². The van der Waals surface area contributed by atoms with Crippen molar-refractivity contribution >= 4 is 22.8 Å². The lowest BCUT2D eigenvalue weighted by Crippen LogP contribution is -2.28. The van der Waals surface area contributed by atoms with Crippen LogP contribution in [0.3, 0.4) is 0 Å². The number of rotatable bonds is 4. The fraction of sp³-hybridized carbons (Fsp3) is 0.200. The molecule has 2 aromatic carbocycles. The predicted molar refractivity (Wildman–Crippen MR) is 128 cm³/mol. The van der Waals surface area contributed by atoms with E-state index in [1.54, 1.807) is 16.9 Å². The molecule has 0 aliphatic carbocycles. The Balaban J connectivity index is 1.50. The van der Waals surface area contributed by atoms with Crippen molar-refractivity contribution in [2.24, 2.45) is 0 Å². The number of fused-ring (bicyclic) bond motifs is 3. The van der Waals surface area contributed by atoms with Gasteiger partial charge in [-0.2, -0.15) is 5.10 Å². The first kappa shape index (κ1) is 20.7. The van der Waals surface area contributed by atoms with Crippen molar-refractivity contribution in [3.8, 4) is 11.3 Å². The molecule has 1 N–H and O–H groups in total.